The number of aromatic nitrogens is 5. The fourth-order valence-corrected chi connectivity index (χ4v) is 4.59. The Morgan fingerprint density at radius 3 is 2.72 bits per heavy atom. The Hall–Kier alpha value is -3.95. The van der Waals surface area contributed by atoms with E-state index in [1.54, 1.807) is 29.4 Å². The highest BCUT2D eigenvalue weighted by molar-refractivity contribution is 6.08. The summed E-state index contributed by atoms with van der Waals surface area (Å²) < 4.78 is 43.0. The largest absolute Gasteiger partial charge is 0.408 e. The Morgan fingerprint density at radius 2 is 1.94 bits per heavy atom. The predicted molar refractivity (Wildman–Crippen MR) is 127 cm³/mol. The van der Waals surface area contributed by atoms with Crippen LogP contribution in [-0.2, 0) is 6.42 Å². The molecule has 2 aliphatic rings. The number of anilines is 1. The Labute approximate surface area is 205 Å². The lowest BCUT2D eigenvalue weighted by molar-refractivity contribution is -0.162. The van der Waals surface area contributed by atoms with Gasteiger partial charge in [-0.15, -0.1) is 0 Å². The number of nitrogens with zero attached hydrogens (tertiary/aromatic N) is 6. The fraction of sp³-hybridized carbons (Fsp3) is 0.308. The first-order valence-electron chi connectivity index (χ1n) is 11.9. The molecule has 0 saturated heterocycles. The summed E-state index contributed by atoms with van der Waals surface area (Å²) in [5.41, 5.74) is 3.73. The molecule has 1 aromatic carbocycles. The van der Waals surface area contributed by atoms with Gasteiger partial charge in [-0.3, -0.25) is 9.69 Å². The average Bonchev–Trinajstić information content (AvgIpc) is 3.39. The van der Waals surface area contributed by atoms with Crippen LogP contribution in [-0.4, -0.2) is 42.7 Å². The third kappa shape index (κ3) is 3.96. The van der Waals surface area contributed by atoms with Crippen LogP contribution in [0.2, 0.25) is 0 Å². The van der Waals surface area contributed by atoms with Gasteiger partial charge in [-0.1, -0.05) is 12.1 Å². The molecule has 1 unspecified atom stereocenters. The van der Waals surface area contributed by atoms with Crippen molar-refractivity contribution >= 4 is 11.7 Å². The summed E-state index contributed by atoms with van der Waals surface area (Å²) in [5.74, 6) is 0.813. The number of amides is 1. The van der Waals surface area contributed by atoms with Gasteiger partial charge in [0.2, 0.25) is 0 Å². The molecule has 1 atom stereocenters. The van der Waals surface area contributed by atoms with Crippen molar-refractivity contribution in [3.05, 3.63) is 78.1 Å². The van der Waals surface area contributed by atoms with Gasteiger partial charge in [0.15, 0.2) is 5.82 Å². The number of carbonyl (C=O) groups excluding carboxylic acids is 1. The number of hydrogen-bond donors (Lipinski definition) is 0. The molecule has 1 saturated carbocycles. The molecule has 0 bridgehead atoms. The standard InChI is InChI=1S/C26H23F3N6O/c1-16(26(27,28)29)34-12-10-30-24(34)21-3-2-4-23(32-21)35-11-9-17-7-8-19(13-20(17)25(35)36)33-14-22(31-15-33)18-5-6-18/h2-4,7-8,10,12-16,18H,5-6,9,11H2,1H3. The molecule has 1 aliphatic heterocycles. The molecular weight excluding hydrogens is 469 g/mol. The maximum absolute atomic E-state index is 13.5. The minimum atomic E-state index is -4.42. The third-order valence-corrected chi connectivity index (χ3v) is 6.87. The number of alkyl halides is 3. The highest BCUT2D eigenvalue weighted by atomic mass is 19.4. The molecule has 7 nitrogen and oxygen atoms in total. The molecular formula is C26H23F3N6O. The fourth-order valence-electron chi connectivity index (χ4n) is 4.59. The lowest BCUT2D eigenvalue weighted by Gasteiger charge is -2.28. The van der Waals surface area contributed by atoms with E-state index in [1.165, 1.54) is 12.4 Å². The number of pyridine rings is 1. The second-order valence-corrected chi connectivity index (χ2v) is 9.29. The van der Waals surface area contributed by atoms with Gasteiger partial charge in [0.05, 0.1) is 12.0 Å². The maximum Gasteiger partial charge on any atom is 0.408 e. The number of halogens is 3. The molecule has 36 heavy (non-hydrogen) atoms. The van der Waals surface area contributed by atoms with Crippen molar-refractivity contribution in [1.29, 1.82) is 0 Å². The zero-order valence-electron chi connectivity index (χ0n) is 19.5. The summed E-state index contributed by atoms with van der Waals surface area (Å²) in [7, 11) is 0. The van der Waals surface area contributed by atoms with Gasteiger partial charge < -0.3 is 9.13 Å². The molecule has 184 valence electrons. The Balaban J connectivity index is 1.30. The molecule has 6 rings (SSSR count). The van der Waals surface area contributed by atoms with E-state index in [0.717, 1.165) is 41.3 Å². The molecule has 4 heterocycles. The first kappa shape index (κ1) is 22.5. The van der Waals surface area contributed by atoms with Crippen LogP contribution in [0.4, 0.5) is 19.0 Å². The molecule has 1 fully saturated rings. The van der Waals surface area contributed by atoms with Crippen molar-refractivity contribution in [2.24, 2.45) is 0 Å². The quantitative estimate of drug-likeness (QED) is 0.378. The van der Waals surface area contributed by atoms with Crippen molar-refractivity contribution in [3.8, 4) is 17.2 Å². The van der Waals surface area contributed by atoms with E-state index in [9.17, 15) is 18.0 Å². The van der Waals surface area contributed by atoms with Crippen molar-refractivity contribution in [3.63, 3.8) is 0 Å². The van der Waals surface area contributed by atoms with E-state index in [4.69, 9.17) is 0 Å². The summed E-state index contributed by atoms with van der Waals surface area (Å²) in [4.78, 5) is 28.2. The van der Waals surface area contributed by atoms with Gasteiger partial charge in [-0.2, -0.15) is 13.2 Å². The SMILES string of the molecule is CC(n1ccnc1-c1cccc(N2CCc3ccc(-n4cnc(C5CC5)c4)cc3C2=O)n1)C(F)(F)F. The minimum absolute atomic E-state index is 0.0976. The molecule has 0 spiro atoms. The molecule has 1 aliphatic carbocycles. The molecule has 3 aromatic heterocycles. The normalized spacial score (nSPS) is 16.8. The number of benzene rings is 1. The van der Waals surface area contributed by atoms with Crippen molar-refractivity contribution < 1.29 is 18.0 Å². The zero-order chi connectivity index (χ0) is 25.0. The number of carbonyl (C=O) groups is 1. The van der Waals surface area contributed by atoms with Crippen LogP contribution < -0.4 is 4.90 Å². The van der Waals surface area contributed by atoms with Gasteiger partial charge in [-0.05, 0) is 56.0 Å². The van der Waals surface area contributed by atoms with Crippen LogP contribution >= 0.6 is 0 Å². The van der Waals surface area contributed by atoms with E-state index < -0.39 is 12.2 Å². The smallest absolute Gasteiger partial charge is 0.318 e. The number of fused-ring (bicyclic) bond motifs is 1. The Bertz CT molecular complexity index is 1450. The number of imidazole rings is 2. The van der Waals surface area contributed by atoms with E-state index in [1.807, 2.05) is 29.0 Å². The van der Waals surface area contributed by atoms with Crippen LogP contribution in [0.1, 0.15) is 53.3 Å². The minimum Gasteiger partial charge on any atom is -0.318 e. The highest BCUT2D eigenvalue weighted by Gasteiger charge is 2.38. The maximum atomic E-state index is 13.5. The van der Waals surface area contributed by atoms with E-state index in [-0.39, 0.29) is 17.4 Å². The van der Waals surface area contributed by atoms with Gasteiger partial charge in [0.25, 0.3) is 5.91 Å². The Morgan fingerprint density at radius 1 is 1.11 bits per heavy atom. The van der Waals surface area contributed by atoms with Crippen LogP contribution in [0.15, 0.2) is 61.3 Å². The molecule has 0 N–H and O–H groups in total. The first-order valence-corrected chi connectivity index (χ1v) is 11.9. The van der Waals surface area contributed by atoms with Gasteiger partial charge in [0.1, 0.15) is 17.6 Å². The molecule has 0 radical (unpaired) electrons. The monoisotopic (exact) mass is 492 g/mol. The van der Waals surface area contributed by atoms with Crippen LogP contribution in [0.25, 0.3) is 17.2 Å². The van der Waals surface area contributed by atoms with Crippen LogP contribution in [0.3, 0.4) is 0 Å². The van der Waals surface area contributed by atoms with E-state index >= 15 is 0 Å². The zero-order valence-corrected chi connectivity index (χ0v) is 19.5. The van der Waals surface area contributed by atoms with Crippen LogP contribution in [0, 0.1) is 0 Å². The summed E-state index contributed by atoms with van der Waals surface area (Å²) in [6.07, 6.45) is 4.94. The average molecular weight is 493 g/mol. The van der Waals surface area contributed by atoms with Crippen LogP contribution in [0.5, 0.6) is 0 Å². The van der Waals surface area contributed by atoms with Crippen molar-refractivity contribution in [2.45, 2.75) is 44.3 Å². The van der Waals surface area contributed by atoms with Crippen molar-refractivity contribution in [1.82, 2.24) is 24.1 Å². The molecule has 4 aromatic rings. The predicted octanol–water partition coefficient (Wildman–Crippen LogP) is 5.33. The molecule has 10 heteroatoms. The second-order valence-electron chi connectivity index (χ2n) is 9.29. The van der Waals surface area contributed by atoms with E-state index in [0.29, 0.717) is 30.3 Å². The second kappa shape index (κ2) is 8.32. The van der Waals surface area contributed by atoms with Crippen molar-refractivity contribution in [2.75, 3.05) is 11.4 Å². The summed E-state index contributed by atoms with van der Waals surface area (Å²) in [6, 6.07) is 9.03. The lowest BCUT2D eigenvalue weighted by atomic mass is 9.98. The van der Waals surface area contributed by atoms with Gasteiger partial charge in [0, 0.05) is 42.3 Å². The first-order chi connectivity index (χ1) is 17.3. The summed E-state index contributed by atoms with van der Waals surface area (Å²) >= 11 is 0. The molecule has 1 amide bonds. The lowest BCUT2D eigenvalue weighted by Crippen LogP contribution is -2.38. The summed E-state index contributed by atoms with van der Waals surface area (Å²) in [5, 5.41) is 0. The highest BCUT2D eigenvalue weighted by Crippen LogP contribution is 2.39. The summed E-state index contributed by atoms with van der Waals surface area (Å²) in [6.45, 7) is 1.50. The van der Waals surface area contributed by atoms with Gasteiger partial charge in [-0.25, -0.2) is 15.0 Å². The number of hydrogen-bond acceptors (Lipinski definition) is 4. The third-order valence-electron chi connectivity index (χ3n) is 6.87. The Kier molecular flexibility index (Phi) is 5.20. The number of rotatable bonds is 5. The van der Waals surface area contributed by atoms with E-state index in [2.05, 4.69) is 15.0 Å². The topological polar surface area (TPSA) is 68.8 Å². The van der Waals surface area contributed by atoms with Gasteiger partial charge >= 0.3 is 6.18 Å².